The third kappa shape index (κ3) is 2.52. The first-order valence-electron chi connectivity index (χ1n) is 6.34. The Morgan fingerprint density at radius 3 is 3.06 bits per heavy atom. The summed E-state index contributed by atoms with van der Waals surface area (Å²) in [6, 6.07) is 6.84. The number of ether oxygens (including phenoxy) is 1. The van der Waals surface area contributed by atoms with Crippen molar-refractivity contribution >= 4 is 0 Å². The minimum Gasteiger partial charge on any atom is -0.489 e. The van der Waals surface area contributed by atoms with Gasteiger partial charge in [-0.05, 0) is 49.1 Å². The van der Waals surface area contributed by atoms with Crippen LogP contribution in [0.5, 0.6) is 5.75 Å². The summed E-state index contributed by atoms with van der Waals surface area (Å²) in [7, 11) is 2.02. The predicted octanol–water partition coefficient (Wildman–Crippen LogP) is 3.24. The normalized spacial score (nSPS) is 17.9. The van der Waals surface area contributed by atoms with Crippen molar-refractivity contribution in [1.29, 1.82) is 0 Å². The fourth-order valence-corrected chi connectivity index (χ4v) is 2.34. The number of rotatable bonds is 5. The second kappa shape index (κ2) is 5.37. The first kappa shape index (κ1) is 12.2. The third-order valence-electron chi connectivity index (χ3n) is 3.51. The summed E-state index contributed by atoms with van der Waals surface area (Å²) < 4.78 is 5.87. The Balaban J connectivity index is 2.14. The van der Waals surface area contributed by atoms with Crippen molar-refractivity contribution in [2.45, 2.75) is 32.2 Å². The molecular weight excluding hydrogens is 210 g/mol. The molecule has 0 aromatic heterocycles. The monoisotopic (exact) mass is 231 g/mol. The molecular formula is C15H21NO. The topological polar surface area (TPSA) is 21.3 Å². The minimum atomic E-state index is 0.489. The van der Waals surface area contributed by atoms with E-state index in [1.165, 1.54) is 17.5 Å². The van der Waals surface area contributed by atoms with Gasteiger partial charge in [-0.15, -0.1) is 0 Å². The van der Waals surface area contributed by atoms with Gasteiger partial charge >= 0.3 is 0 Å². The molecule has 1 unspecified atom stereocenters. The molecule has 0 saturated carbocycles. The van der Waals surface area contributed by atoms with E-state index in [0.717, 1.165) is 24.2 Å². The quantitative estimate of drug-likeness (QED) is 0.785. The van der Waals surface area contributed by atoms with Crippen LogP contribution >= 0.6 is 0 Å². The lowest BCUT2D eigenvalue weighted by Gasteiger charge is -2.13. The molecule has 17 heavy (non-hydrogen) atoms. The van der Waals surface area contributed by atoms with Crippen LogP contribution in [0.2, 0.25) is 0 Å². The molecule has 2 heteroatoms. The summed E-state index contributed by atoms with van der Waals surface area (Å²) in [6.45, 7) is 6.72. The van der Waals surface area contributed by atoms with Gasteiger partial charge in [0.1, 0.15) is 12.4 Å². The van der Waals surface area contributed by atoms with Crippen LogP contribution in [0.3, 0.4) is 0 Å². The van der Waals surface area contributed by atoms with E-state index in [-0.39, 0.29) is 0 Å². The van der Waals surface area contributed by atoms with E-state index in [9.17, 15) is 0 Å². The first-order valence-corrected chi connectivity index (χ1v) is 6.34. The number of hydrogen-bond donors (Lipinski definition) is 1. The lowest BCUT2D eigenvalue weighted by atomic mass is 10.1. The van der Waals surface area contributed by atoms with Crippen molar-refractivity contribution in [3.63, 3.8) is 0 Å². The molecule has 1 aliphatic carbocycles. The molecule has 0 bridgehead atoms. The van der Waals surface area contributed by atoms with Crippen LogP contribution in [-0.4, -0.2) is 13.7 Å². The number of fused-ring (bicyclic) bond motifs is 1. The summed E-state index contributed by atoms with van der Waals surface area (Å²) in [5.41, 5.74) is 3.91. The summed E-state index contributed by atoms with van der Waals surface area (Å²) in [5, 5.41) is 3.35. The molecule has 92 valence electrons. The fourth-order valence-electron chi connectivity index (χ4n) is 2.34. The second-order valence-electron chi connectivity index (χ2n) is 4.60. The minimum absolute atomic E-state index is 0.489. The highest BCUT2D eigenvalue weighted by atomic mass is 16.5. The van der Waals surface area contributed by atoms with E-state index in [1.807, 2.05) is 7.05 Å². The fraction of sp³-hybridized carbons (Fsp3) is 0.467. The zero-order valence-corrected chi connectivity index (χ0v) is 10.8. The number of benzene rings is 1. The molecule has 1 atom stereocenters. The molecule has 1 aromatic carbocycles. The van der Waals surface area contributed by atoms with Crippen LogP contribution in [0.4, 0.5) is 0 Å². The van der Waals surface area contributed by atoms with Gasteiger partial charge in [-0.25, -0.2) is 0 Å². The number of nitrogens with one attached hydrogen (secondary N) is 1. The van der Waals surface area contributed by atoms with Gasteiger partial charge in [-0.3, -0.25) is 0 Å². The van der Waals surface area contributed by atoms with E-state index < -0.39 is 0 Å². The highest BCUT2D eigenvalue weighted by Gasteiger charge is 2.23. The maximum atomic E-state index is 5.87. The van der Waals surface area contributed by atoms with Gasteiger partial charge in [-0.2, -0.15) is 0 Å². The van der Waals surface area contributed by atoms with Crippen molar-refractivity contribution in [2.75, 3.05) is 13.7 Å². The molecule has 1 aromatic rings. The summed E-state index contributed by atoms with van der Waals surface area (Å²) in [4.78, 5) is 0. The molecule has 0 heterocycles. The van der Waals surface area contributed by atoms with Crippen molar-refractivity contribution in [2.24, 2.45) is 0 Å². The molecule has 2 nitrogen and oxygen atoms in total. The molecule has 1 N–H and O–H groups in total. The zero-order valence-electron chi connectivity index (χ0n) is 10.8. The summed E-state index contributed by atoms with van der Waals surface area (Å²) in [5.74, 6) is 1.04. The van der Waals surface area contributed by atoms with Gasteiger partial charge in [0.15, 0.2) is 0 Å². The average molecular weight is 231 g/mol. The SMILES string of the molecule is C=C(CC)COc1cccc2c1CCC2NC. The molecule has 0 radical (unpaired) electrons. The van der Waals surface area contributed by atoms with Crippen molar-refractivity contribution in [3.8, 4) is 5.75 Å². The molecule has 0 saturated heterocycles. The lowest BCUT2D eigenvalue weighted by Crippen LogP contribution is -2.12. The van der Waals surface area contributed by atoms with Crippen LogP contribution < -0.4 is 10.1 Å². The van der Waals surface area contributed by atoms with Gasteiger partial charge in [-0.1, -0.05) is 25.6 Å². The van der Waals surface area contributed by atoms with Gasteiger partial charge in [0.05, 0.1) is 0 Å². The average Bonchev–Trinajstić information content (AvgIpc) is 2.79. The van der Waals surface area contributed by atoms with E-state index in [4.69, 9.17) is 4.74 Å². The summed E-state index contributed by atoms with van der Waals surface area (Å²) >= 11 is 0. The largest absolute Gasteiger partial charge is 0.489 e. The standard InChI is InChI=1S/C15H21NO/c1-4-11(2)10-17-15-7-5-6-12-13(15)8-9-14(12)16-3/h5-7,14,16H,2,4,8-10H2,1,3H3. The van der Waals surface area contributed by atoms with E-state index in [1.54, 1.807) is 0 Å². The first-order chi connectivity index (χ1) is 8.26. The Kier molecular flexibility index (Phi) is 3.85. The molecule has 0 amide bonds. The second-order valence-corrected chi connectivity index (χ2v) is 4.60. The van der Waals surface area contributed by atoms with E-state index in [0.29, 0.717) is 12.6 Å². The highest BCUT2D eigenvalue weighted by Crippen LogP contribution is 2.36. The Labute approximate surface area is 104 Å². The third-order valence-corrected chi connectivity index (χ3v) is 3.51. The van der Waals surface area contributed by atoms with Crippen LogP contribution in [0.15, 0.2) is 30.4 Å². The van der Waals surface area contributed by atoms with Gasteiger partial charge in [0.25, 0.3) is 0 Å². The van der Waals surface area contributed by atoms with Crippen LogP contribution in [-0.2, 0) is 6.42 Å². The Hall–Kier alpha value is -1.28. The summed E-state index contributed by atoms with van der Waals surface area (Å²) in [6.07, 6.45) is 3.25. The molecule has 0 fully saturated rings. The van der Waals surface area contributed by atoms with Gasteiger partial charge < -0.3 is 10.1 Å². The maximum absolute atomic E-state index is 5.87. The van der Waals surface area contributed by atoms with Gasteiger partial charge in [0.2, 0.25) is 0 Å². The smallest absolute Gasteiger partial charge is 0.123 e. The molecule has 0 spiro atoms. The van der Waals surface area contributed by atoms with Crippen LogP contribution in [0.1, 0.15) is 36.9 Å². The van der Waals surface area contributed by atoms with E-state index >= 15 is 0 Å². The Morgan fingerprint density at radius 1 is 1.53 bits per heavy atom. The van der Waals surface area contributed by atoms with Crippen LogP contribution in [0, 0.1) is 0 Å². The lowest BCUT2D eigenvalue weighted by molar-refractivity contribution is 0.346. The van der Waals surface area contributed by atoms with Crippen molar-refractivity contribution in [1.82, 2.24) is 5.32 Å². The van der Waals surface area contributed by atoms with Crippen LogP contribution in [0.25, 0.3) is 0 Å². The highest BCUT2D eigenvalue weighted by molar-refractivity contribution is 5.45. The zero-order chi connectivity index (χ0) is 12.3. The Bertz CT molecular complexity index is 411. The van der Waals surface area contributed by atoms with Crippen molar-refractivity contribution < 1.29 is 4.74 Å². The maximum Gasteiger partial charge on any atom is 0.123 e. The molecule has 0 aliphatic heterocycles. The molecule has 2 rings (SSSR count). The van der Waals surface area contributed by atoms with Crippen molar-refractivity contribution in [3.05, 3.63) is 41.5 Å². The predicted molar refractivity (Wildman–Crippen MR) is 71.5 cm³/mol. The van der Waals surface area contributed by atoms with Gasteiger partial charge in [0, 0.05) is 6.04 Å². The van der Waals surface area contributed by atoms with E-state index in [2.05, 4.69) is 37.0 Å². The Morgan fingerprint density at radius 2 is 2.35 bits per heavy atom. The number of hydrogen-bond acceptors (Lipinski definition) is 2. The molecule has 1 aliphatic rings.